The van der Waals surface area contributed by atoms with E-state index in [1.54, 1.807) is 25.1 Å². The molecule has 25 heavy (non-hydrogen) atoms. The first kappa shape index (κ1) is 16.2. The number of hydrogen-bond donors (Lipinski definition) is 1. The van der Waals surface area contributed by atoms with Crippen LogP contribution >= 0.6 is 0 Å². The molecule has 3 nitrogen and oxygen atoms in total. The van der Waals surface area contributed by atoms with Gasteiger partial charge in [0.2, 0.25) is 0 Å². The van der Waals surface area contributed by atoms with Crippen molar-refractivity contribution >= 4 is 10.9 Å². The fraction of sp³-hybridized carbons (Fsp3) is 0.333. The first-order valence-corrected chi connectivity index (χ1v) is 8.56. The third kappa shape index (κ3) is 2.28. The molecule has 130 valence electrons. The van der Waals surface area contributed by atoms with Gasteiger partial charge in [-0.1, -0.05) is 26.0 Å². The summed E-state index contributed by atoms with van der Waals surface area (Å²) in [6.45, 7) is 8.57. The highest BCUT2D eigenvalue weighted by Gasteiger charge is 2.38. The van der Waals surface area contributed by atoms with Gasteiger partial charge in [-0.05, 0) is 43.7 Å². The summed E-state index contributed by atoms with van der Waals surface area (Å²) >= 11 is 0. The molecule has 1 aliphatic rings. The summed E-state index contributed by atoms with van der Waals surface area (Å²) in [6, 6.07) is 10.8. The average Bonchev–Trinajstić information content (AvgIpc) is 2.92. The molecule has 4 heteroatoms. The Morgan fingerprint density at radius 2 is 2.00 bits per heavy atom. The molecule has 1 aromatic heterocycles. The van der Waals surface area contributed by atoms with E-state index in [4.69, 9.17) is 4.74 Å². The number of ether oxygens (including phenoxy) is 1. The van der Waals surface area contributed by atoms with Crippen LogP contribution in [0.3, 0.4) is 0 Å². The topological polar surface area (TPSA) is 34.4 Å². The number of aromatic hydroxyl groups is 1. The highest BCUT2D eigenvalue weighted by Crippen LogP contribution is 2.47. The number of hydrogen-bond acceptors (Lipinski definition) is 2. The van der Waals surface area contributed by atoms with Gasteiger partial charge in [0, 0.05) is 27.7 Å². The van der Waals surface area contributed by atoms with Crippen LogP contribution in [0.25, 0.3) is 16.6 Å². The summed E-state index contributed by atoms with van der Waals surface area (Å²) in [5.74, 6) is -0.000555. The van der Waals surface area contributed by atoms with Gasteiger partial charge in [-0.2, -0.15) is 0 Å². The molecule has 0 fully saturated rings. The second kappa shape index (κ2) is 5.33. The smallest absolute Gasteiger partial charge is 0.128 e. The van der Waals surface area contributed by atoms with Crippen molar-refractivity contribution in [2.75, 3.05) is 6.61 Å². The normalized spacial score (nSPS) is 19.2. The van der Waals surface area contributed by atoms with Crippen LogP contribution in [-0.4, -0.2) is 16.3 Å². The molecule has 0 bridgehead atoms. The van der Waals surface area contributed by atoms with Gasteiger partial charge < -0.3 is 14.4 Å². The van der Waals surface area contributed by atoms with E-state index in [2.05, 4.69) is 18.4 Å². The molecular formula is C21H22FNO2. The van der Waals surface area contributed by atoms with Crippen LogP contribution in [0.5, 0.6) is 5.75 Å². The first-order chi connectivity index (χ1) is 11.8. The van der Waals surface area contributed by atoms with Gasteiger partial charge in [0.05, 0.1) is 18.2 Å². The zero-order chi connectivity index (χ0) is 17.9. The van der Waals surface area contributed by atoms with Crippen molar-refractivity contribution in [2.24, 2.45) is 0 Å². The summed E-state index contributed by atoms with van der Waals surface area (Å²) < 4.78 is 22.3. The summed E-state index contributed by atoms with van der Waals surface area (Å²) in [7, 11) is 0. The molecule has 3 aromatic rings. The minimum absolute atomic E-state index is 0.129. The third-order valence-corrected chi connectivity index (χ3v) is 5.16. The van der Waals surface area contributed by atoms with E-state index in [0.717, 1.165) is 27.8 Å². The lowest BCUT2D eigenvalue weighted by Gasteiger charge is -2.35. The second-order valence-electron chi connectivity index (χ2n) is 7.54. The minimum atomic E-state index is -0.255. The summed E-state index contributed by atoms with van der Waals surface area (Å²) in [5, 5.41) is 11.3. The number of phenolic OH excluding ortho intramolecular Hbond substituents is 1. The Bertz CT molecular complexity index is 987. The van der Waals surface area contributed by atoms with E-state index in [1.807, 2.05) is 25.1 Å². The fourth-order valence-electron chi connectivity index (χ4n) is 3.89. The number of aryl methyl sites for hydroxylation is 1. The number of rotatable bonds is 1. The van der Waals surface area contributed by atoms with Crippen LogP contribution in [0.4, 0.5) is 4.39 Å². The number of halogens is 1. The molecule has 0 saturated heterocycles. The molecule has 0 spiro atoms. The molecule has 0 saturated carbocycles. The van der Waals surface area contributed by atoms with Gasteiger partial charge in [0.1, 0.15) is 11.6 Å². The van der Waals surface area contributed by atoms with Crippen molar-refractivity contribution in [3.05, 3.63) is 59.0 Å². The quantitative estimate of drug-likeness (QED) is 0.665. The van der Waals surface area contributed by atoms with Gasteiger partial charge in [0.15, 0.2) is 0 Å². The van der Waals surface area contributed by atoms with Gasteiger partial charge in [-0.3, -0.25) is 0 Å². The molecule has 1 aliphatic heterocycles. The Balaban J connectivity index is 2.17. The lowest BCUT2D eigenvalue weighted by Crippen LogP contribution is -2.33. The zero-order valence-electron chi connectivity index (χ0n) is 14.9. The number of fused-ring (bicyclic) bond motifs is 3. The predicted molar refractivity (Wildman–Crippen MR) is 97.0 cm³/mol. The molecule has 0 amide bonds. The van der Waals surface area contributed by atoms with E-state index in [0.29, 0.717) is 12.2 Å². The van der Waals surface area contributed by atoms with E-state index in [1.165, 1.54) is 0 Å². The largest absolute Gasteiger partial charge is 0.507 e. The lowest BCUT2D eigenvalue weighted by molar-refractivity contribution is 0.0168. The maximum Gasteiger partial charge on any atom is 0.128 e. The van der Waals surface area contributed by atoms with E-state index < -0.39 is 0 Å². The Morgan fingerprint density at radius 1 is 1.24 bits per heavy atom. The van der Waals surface area contributed by atoms with Gasteiger partial charge in [0.25, 0.3) is 0 Å². The van der Waals surface area contributed by atoms with E-state index >= 15 is 0 Å². The molecule has 1 atom stereocenters. The van der Waals surface area contributed by atoms with Crippen LogP contribution in [-0.2, 0) is 10.2 Å². The van der Waals surface area contributed by atoms with Crippen LogP contribution in [0, 0.1) is 12.7 Å². The first-order valence-electron chi connectivity index (χ1n) is 8.56. The summed E-state index contributed by atoms with van der Waals surface area (Å²) in [6.07, 6.45) is -0.129. The van der Waals surface area contributed by atoms with Gasteiger partial charge >= 0.3 is 0 Å². The SMILES string of the molecule is Cc1ccc(-n2c3c(c4c(O)cccc42)C(C)OCC3(C)C)cc1F. The van der Waals surface area contributed by atoms with E-state index in [-0.39, 0.29) is 23.1 Å². The Kier molecular flexibility index (Phi) is 3.45. The van der Waals surface area contributed by atoms with Crippen LogP contribution < -0.4 is 0 Å². The molecule has 1 N–H and O–H groups in total. The Morgan fingerprint density at radius 3 is 2.72 bits per heavy atom. The van der Waals surface area contributed by atoms with Crippen LogP contribution in [0.2, 0.25) is 0 Å². The molecular weight excluding hydrogens is 317 g/mol. The highest BCUT2D eigenvalue weighted by molar-refractivity contribution is 5.93. The number of aromatic nitrogens is 1. The lowest BCUT2D eigenvalue weighted by atomic mass is 9.83. The molecule has 4 rings (SSSR count). The van der Waals surface area contributed by atoms with Crippen LogP contribution in [0.1, 0.15) is 43.7 Å². The number of benzene rings is 2. The minimum Gasteiger partial charge on any atom is -0.507 e. The zero-order valence-corrected chi connectivity index (χ0v) is 14.9. The molecule has 0 radical (unpaired) electrons. The molecule has 0 aliphatic carbocycles. The van der Waals surface area contributed by atoms with E-state index in [9.17, 15) is 9.50 Å². The average molecular weight is 339 g/mol. The van der Waals surface area contributed by atoms with Crippen molar-refractivity contribution in [1.29, 1.82) is 0 Å². The van der Waals surface area contributed by atoms with Crippen molar-refractivity contribution in [3.8, 4) is 11.4 Å². The Hall–Kier alpha value is -2.33. The molecule has 1 unspecified atom stereocenters. The van der Waals surface area contributed by atoms with Crippen molar-refractivity contribution in [3.63, 3.8) is 0 Å². The molecule has 2 heterocycles. The maximum absolute atomic E-state index is 14.3. The Labute approximate surface area is 146 Å². The fourth-order valence-corrected chi connectivity index (χ4v) is 3.89. The monoisotopic (exact) mass is 339 g/mol. The number of phenols is 1. The number of nitrogens with zero attached hydrogens (tertiary/aromatic N) is 1. The predicted octanol–water partition coefficient (Wildman–Crippen LogP) is 5.15. The maximum atomic E-state index is 14.3. The van der Waals surface area contributed by atoms with Crippen molar-refractivity contribution in [2.45, 2.75) is 39.2 Å². The standard InChI is InChI=1S/C21H22FNO2/c1-12-8-9-14(10-15(12)22)23-16-6-5-7-17(24)19(16)18-13(2)25-11-21(3,4)20(18)23/h5-10,13,24H,11H2,1-4H3. The van der Waals surface area contributed by atoms with Gasteiger partial charge in [-0.15, -0.1) is 0 Å². The third-order valence-electron chi connectivity index (χ3n) is 5.16. The second-order valence-corrected chi connectivity index (χ2v) is 7.54. The molecule has 2 aromatic carbocycles. The van der Waals surface area contributed by atoms with Crippen LogP contribution in [0.15, 0.2) is 36.4 Å². The van der Waals surface area contributed by atoms with Crippen molar-refractivity contribution < 1.29 is 14.2 Å². The van der Waals surface area contributed by atoms with Crippen molar-refractivity contribution in [1.82, 2.24) is 4.57 Å². The summed E-state index contributed by atoms with van der Waals surface area (Å²) in [5.41, 5.74) is 4.07. The summed E-state index contributed by atoms with van der Waals surface area (Å²) in [4.78, 5) is 0. The van der Waals surface area contributed by atoms with Gasteiger partial charge in [-0.25, -0.2) is 4.39 Å². The highest BCUT2D eigenvalue weighted by atomic mass is 19.1.